The van der Waals surface area contributed by atoms with Crippen LogP contribution in [0, 0.1) is 5.82 Å². The van der Waals surface area contributed by atoms with E-state index in [2.05, 4.69) is 0 Å². The molecule has 20 heavy (non-hydrogen) atoms. The van der Waals surface area contributed by atoms with Crippen molar-refractivity contribution in [2.24, 2.45) is 0 Å². The first kappa shape index (κ1) is 14.9. The summed E-state index contributed by atoms with van der Waals surface area (Å²) >= 11 is 0. The summed E-state index contributed by atoms with van der Waals surface area (Å²) in [5, 5.41) is 9.62. The highest BCUT2D eigenvalue weighted by molar-refractivity contribution is 6.00. The Morgan fingerprint density at radius 3 is 2.80 bits per heavy atom. The predicted molar refractivity (Wildman–Crippen MR) is 73.5 cm³/mol. The molecule has 1 aromatic carbocycles. The lowest BCUT2D eigenvalue weighted by molar-refractivity contribution is 0.0147. The Hall–Kier alpha value is -1.46. The first-order valence-electron chi connectivity index (χ1n) is 6.95. The number of carbonyl (C=O) groups is 1. The first-order valence-corrected chi connectivity index (χ1v) is 6.95. The number of ketones is 1. The number of nitrogens with zero attached hydrogens (tertiary/aromatic N) is 1. The average molecular weight is 281 g/mol. The number of hydrogen-bond donors (Lipinski definition) is 1. The van der Waals surface area contributed by atoms with Crippen LogP contribution in [0.1, 0.15) is 30.1 Å². The van der Waals surface area contributed by atoms with Gasteiger partial charge in [0, 0.05) is 19.7 Å². The van der Waals surface area contributed by atoms with Gasteiger partial charge in [-0.25, -0.2) is 4.39 Å². The summed E-state index contributed by atoms with van der Waals surface area (Å²) < 4.78 is 18.7. The molecule has 0 radical (unpaired) electrons. The number of piperidine rings is 1. The molecule has 5 heteroatoms. The van der Waals surface area contributed by atoms with Crippen molar-refractivity contribution >= 4 is 5.78 Å². The van der Waals surface area contributed by atoms with E-state index in [4.69, 9.17) is 4.74 Å². The van der Waals surface area contributed by atoms with Crippen molar-refractivity contribution in [2.75, 3.05) is 26.2 Å². The molecular weight excluding hydrogens is 261 g/mol. The first-order chi connectivity index (χ1) is 9.60. The highest BCUT2D eigenvalue weighted by atomic mass is 19.1. The minimum absolute atomic E-state index is 0.0527. The molecule has 0 aromatic heterocycles. The van der Waals surface area contributed by atoms with Crippen molar-refractivity contribution in [3.63, 3.8) is 0 Å². The summed E-state index contributed by atoms with van der Waals surface area (Å²) in [6.07, 6.45) is 2.07. The Labute approximate surface area is 118 Å². The van der Waals surface area contributed by atoms with Gasteiger partial charge in [0.2, 0.25) is 0 Å². The van der Waals surface area contributed by atoms with Crippen molar-refractivity contribution in [1.29, 1.82) is 0 Å². The van der Waals surface area contributed by atoms with Gasteiger partial charge in [0.15, 0.2) is 5.78 Å². The molecule has 4 nitrogen and oxygen atoms in total. The molecule has 2 rings (SSSR count). The van der Waals surface area contributed by atoms with E-state index in [1.54, 1.807) is 0 Å². The Morgan fingerprint density at radius 1 is 1.45 bits per heavy atom. The van der Waals surface area contributed by atoms with E-state index >= 15 is 0 Å². The summed E-state index contributed by atoms with van der Waals surface area (Å²) in [5.74, 6) is -0.932. The van der Waals surface area contributed by atoms with Crippen LogP contribution in [-0.2, 0) is 4.74 Å². The summed E-state index contributed by atoms with van der Waals surface area (Å²) in [5.41, 5.74) is 0.0527. The lowest BCUT2D eigenvalue weighted by Gasteiger charge is -2.31. The van der Waals surface area contributed by atoms with Crippen LogP contribution in [-0.4, -0.2) is 48.1 Å². The van der Waals surface area contributed by atoms with Crippen LogP contribution < -0.4 is 0 Å². The number of phenols is 1. The number of rotatable bonds is 5. The molecule has 0 spiro atoms. The zero-order valence-electron chi connectivity index (χ0n) is 11.6. The molecule has 1 saturated heterocycles. The number of ether oxygens (including phenoxy) is 1. The van der Waals surface area contributed by atoms with Crippen LogP contribution in [0.3, 0.4) is 0 Å². The standard InChI is InChI=1S/C15H20FNO3/c1-2-20-12-5-7-17(8-6-12)10-15(19)13-9-11(16)3-4-14(13)18/h3-4,9,12,18H,2,5-8,10H2,1H3. The summed E-state index contributed by atoms with van der Waals surface area (Å²) in [7, 11) is 0. The van der Waals surface area contributed by atoms with Gasteiger partial charge in [-0.2, -0.15) is 0 Å². The van der Waals surface area contributed by atoms with Crippen molar-refractivity contribution in [3.8, 4) is 5.75 Å². The lowest BCUT2D eigenvalue weighted by atomic mass is 10.1. The fraction of sp³-hybridized carbons (Fsp3) is 0.533. The number of phenolic OH excluding ortho intramolecular Hbond substituents is 1. The maximum absolute atomic E-state index is 13.1. The van der Waals surface area contributed by atoms with Gasteiger partial charge >= 0.3 is 0 Å². The van der Waals surface area contributed by atoms with Gasteiger partial charge < -0.3 is 9.84 Å². The number of aromatic hydroxyl groups is 1. The molecule has 1 fully saturated rings. The van der Waals surface area contributed by atoms with Gasteiger partial charge in [-0.15, -0.1) is 0 Å². The molecule has 110 valence electrons. The van der Waals surface area contributed by atoms with Crippen molar-refractivity contribution in [1.82, 2.24) is 4.90 Å². The number of hydrogen-bond acceptors (Lipinski definition) is 4. The molecule has 0 atom stereocenters. The van der Waals surface area contributed by atoms with Crippen LogP contribution in [0.25, 0.3) is 0 Å². The zero-order chi connectivity index (χ0) is 14.5. The molecule has 1 aromatic rings. The van der Waals surface area contributed by atoms with Crippen LogP contribution in [0.4, 0.5) is 4.39 Å². The van der Waals surface area contributed by atoms with E-state index in [0.29, 0.717) is 6.61 Å². The molecule has 1 aliphatic heterocycles. The molecule has 1 heterocycles. The normalized spacial score (nSPS) is 17.3. The third kappa shape index (κ3) is 3.77. The fourth-order valence-electron chi connectivity index (χ4n) is 2.49. The van der Waals surface area contributed by atoms with Crippen LogP contribution in [0.2, 0.25) is 0 Å². The topological polar surface area (TPSA) is 49.8 Å². The van der Waals surface area contributed by atoms with E-state index in [9.17, 15) is 14.3 Å². The molecule has 1 N–H and O–H groups in total. The average Bonchev–Trinajstić information content (AvgIpc) is 2.44. The van der Waals surface area contributed by atoms with E-state index in [1.165, 1.54) is 6.07 Å². The van der Waals surface area contributed by atoms with E-state index in [1.807, 2.05) is 11.8 Å². The van der Waals surface area contributed by atoms with Crippen LogP contribution in [0.15, 0.2) is 18.2 Å². The van der Waals surface area contributed by atoms with E-state index in [-0.39, 0.29) is 29.7 Å². The van der Waals surface area contributed by atoms with E-state index in [0.717, 1.165) is 38.1 Å². The maximum Gasteiger partial charge on any atom is 0.180 e. The molecular formula is C15H20FNO3. The van der Waals surface area contributed by atoms with E-state index < -0.39 is 5.82 Å². The highest BCUT2D eigenvalue weighted by Gasteiger charge is 2.22. The second kappa shape index (κ2) is 6.81. The number of Topliss-reactive ketones (excluding diaryl/α,β-unsaturated/α-hetero) is 1. The van der Waals surface area contributed by atoms with Crippen LogP contribution >= 0.6 is 0 Å². The van der Waals surface area contributed by atoms with Gasteiger partial charge in [0.25, 0.3) is 0 Å². The van der Waals surface area contributed by atoms with Gasteiger partial charge in [-0.1, -0.05) is 0 Å². The SMILES string of the molecule is CCOC1CCN(CC(=O)c2cc(F)ccc2O)CC1. The summed E-state index contributed by atoms with van der Waals surface area (Å²) in [6.45, 7) is 4.46. The Morgan fingerprint density at radius 2 is 2.15 bits per heavy atom. The molecule has 1 aliphatic rings. The number of benzene rings is 1. The third-order valence-electron chi connectivity index (χ3n) is 3.56. The molecule has 0 bridgehead atoms. The smallest absolute Gasteiger partial charge is 0.180 e. The Balaban J connectivity index is 1.91. The minimum Gasteiger partial charge on any atom is -0.507 e. The van der Waals surface area contributed by atoms with Crippen molar-refractivity contribution in [2.45, 2.75) is 25.9 Å². The van der Waals surface area contributed by atoms with Gasteiger partial charge in [-0.05, 0) is 38.0 Å². The summed E-state index contributed by atoms with van der Waals surface area (Å²) in [4.78, 5) is 14.1. The van der Waals surface area contributed by atoms with Gasteiger partial charge in [0.1, 0.15) is 11.6 Å². The van der Waals surface area contributed by atoms with Crippen LogP contribution in [0.5, 0.6) is 5.75 Å². The number of carbonyl (C=O) groups excluding carboxylic acids is 1. The monoisotopic (exact) mass is 281 g/mol. The number of halogens is 1. The number of likely N-dealkylation sites (tertiary alicyclic amines) is 1. The minimum atomic E-state index is -0.513. The zero-order valence-corrected chi connectivity index (χ0v) is 11.6. The second-order valence-electron chi connectivity index (χ2n) is 5.02. The quantitative estimate of drug-likeness (QED) is 0.841. The highest BCUT2D eigenvalue weighted by Crippen LogP contribution is 2.20. The maximum atomic E-state index is 13.1. The van der Waals surface area contributed by atoms with Gasteiger partial charge in [-0.3, -0.25) is 9.69 Å². The summed E-state index contributed by atoms with van der Waals surface area (Å²) in [6, 6.07) is 3.44. The predicted octanol–water partition coefficient (Wildman–Crippen LogP) is 2.21. The largest absolute Gasteiger partial charge is 0.507 e. The van der Waals surface area contributed by atoms with Crippen molar-refractivity contribution < 1.29 is 19.0 Å². The van der Waals surface area contributed by atoms with Crippen molar-refractivity contribution in [3.05, 3.63) is 29.6 Å². The second-order valence-corrected chi connectivity index (χ2v) is 5.02. The Bertz CT molecular complexity index is 470. The van der Waals surface area contributed by atoms with Gasteiger partial charge in [0.05, 0.1) is 18.2 Å². The third-order valence-corrected chi connectivity index (χ3v) is 3.56. The lowest BCUT2D eigenvalue weighted by Crippen LogP contribution is -2.39. The Kier molecular flexibility index (Phi) is 5.09. The molecule has 0 aliphatic carbocycles. The molecule has 0 saturated carbocycles. The molecule has 0 amide bonds. The molecule has 0 unspecified atom stereocenters. The fourth-order valence-corrected chi connectivity index (χ4v) is 2.49.